The summed E-state index contributed by atoms with van der Waals surface area (Å²) in [6, 6.07) is 8.95. The molecule has 10 heteroatoms. The number of hydrogen-bond donors (Lipinski definition) is 1. The highest BCUT2D eigenvalue weighted by atomic mass is 127. The van der Waals surface area contributed by atoms with Crippen molar-refractivity contribution in [1.82, 2.24) is 15.1 Å². The lowest BCUT2D eigenvalue weighted by Crippen LogP contribution is -2.39. The molecule has 0 aliphatic heterocycles. The van der Waals surface area contributed by atoms with Gasteiger partial charge in [0.05, 0.1) is 12.1 Å². The lowest BCUT2D eigenvalue weighted by molar-refractivity contribution is -0.137. The Balaban J connectivity index is 0.00000420. The smallest absolute Gasteiger partial charge is 0.351 e. The molecule has 160 valence electrons. The minimum atomic E-state index is -4.36. The quantitative estimate of drug-likeness (QED) is 0.342. The monoisotopic (exact) mass is 540 g/mol. The summed E-state index contributed by atoms with van der Waals surface area (Å²) in [4.78, 5) is 20.6. The molecule has 0 atom stereocenters. The van der Waals surface area contributed by atoms with Gasteiger partial charge in [-0.2, -0.15) is 13.2 Å². The Hall–Kier alpha value is -1.82. The number of likely N-dealkylation sites (N-methyl/N-ethyl adjacent to an activating group) is 1. The van der Waals surface area contributed by atoms with E-state index in [-0.39, 0.29) is 36.4 Å². The molecule has 0 fully saturated rings. The zero-order valence-electron chi connectivity index (χ0n) is 16.4. The molecule has 0 bridgehead atoms. The predicted molar refractivity (Wildman–Crippen MR) is 120 cm³/mol. The van der Waals surface area contributed by atoms with Crippen molar-refractivity contribution in [3.63, 3.8) is 0 Å². The van der Waals surface area contributed by atoms with E-state index in [0.29, 0.717) is 24.6 Å². The molecule has 29 heavy (non-hydrogen) atoms. The zero-order valence-corrected chi connectivity index (χ0v) is 19.5. The summed E-state index contributed by atoms with van der Waals surface area (Å²) in [5.74, 6) is 0.363. The third-order valence-electron chi connectivity index (χ3n) is 3.93. The number of rotatable bonds is 6. The number of carbonyl (C=O) groups excluding carboxylic acids is 1. The van der Waals surface area contributed by atoms with Crippen molar-refractivity contribution < 1.29 is 18.0 Å². The van der Waals surface area contributed by atoms with Crippen molar-refractivity contribution in [2.75, 3.05) is 27.7 Å². The molecule has 0 unspecified atom stereocenters. The number of aliphatic imine (C=N–C) groups is 1. The van der Waals surface area contributed by atoms with Crippen LogP contribution >= 0.6 is 35.3 Å². The van der Waals surface area contributed by atoms with Crippen LogP contribution in [-0.4, -0.2) is 49.4 Å². The molecule has 1 amide bonds. The molecular weight excluding hydrogens is 516 g/mol. The number of benzene rings is 1. The predicted octanol–water partition coefficient (Wildman–Crippen LogP) is 4.05. The Morgan fingerprint density at radius 2 is 1.79 bits per heavy atom. The molecule has 0 saturated heterocycles. The molecule has 1 aromatic heterocycles. The second kappa shape index (κ2) is 11.4. The molecule has 1 aromatic carbocycles. The Bertz CT molecular complexity index is 793. The summed E-state index contributed by atoms with van der Waals surface area (Å²) in [6.45, 7) is 0.881. The maximum Gasteiger partial charge on any atom is 0.416 e. The van der Waals surface area contributed by atoms with Crippen LogP contribution in [0, 0.1) is 0 Å². The number of halogens is 4. The first-order valence-electron chi connectivity index (χ1n) is 8.55. The molecule has 0 aliphatic rings. The highest BCUT2D eigenvalue weighted by Gasteiger charge is 2.29. The van der Waals surface area contributed by atoms with Gasteiger partial charge in [0, 0.05) is 32.6 Å². The number of guanidine groups is 1. The molecule has 0 aliphatic carbocycles. The highest BCUT2D eigenvalue weighted by Crippen LogP contribution is 2.29. The number of carbonyl (C=O) groups is 1. The van der Waals surface area contributed by atoms with E-state index in [9.17, 15) is 18.0 Å². The minimum absolute atomic E-state index is 0. The summed E-state index contributed by atoms with van der Waals surface area (Å²) >= 11 is 1.60. The molecule has 0 spiro atoms. The second-order valence-electron chi connectivity index (χ2n) is 6.41. The van der Waals surface area contributed by atoms with E-state index in [1.165, 1.54) is 17.0 Å². The van der Waals surface area contributed by atoms with Crippen LogP contribution in [0.2, 0.25) is 0 Å². The maximum absolute atomic E-state index is 12.7. The topological polar surface area (TPSA) is 47.9 Å². The van der Waals surface area contributed by atoms with Gasteiger partial charge in [0.25, 0.3) is 0 Å². The van der Waals surface area contributed by atoms with Crippen LogP contribution in [0.25, 0.3) is 0 Å². The van der Waals surface area contributed by atoms with Crippen LogP contribution in [-0.2, 0) is 24.1 Å². The van der Waals surface area contributed by atoms with Crippen molar-refractivity contribution in [3.8, 4) is 0 Å². The summed E-state index contributed by atoms with van der Waals surface area (Å²) in [7, 11) is 5.09. The standard InChI is InChI=1S/C19H23F3N4OS.HI/c1-25(2)17(27)12-24-18(23-11-16-5-4-10-28-16)26(3)13-14-6-8-15(9-7-14)19(20,21)22;/h4-10H,11-13H2,1-3H3,(H,23,24);1H. The van der Waals surface area contributed by atoms with Crippen molar-refractivity contribution in [3.05, 3.63) is 57.8 Å². The SMILES string of the molecule is CN(C)C(=O)CN=C(NCc1cccs1)N(C)Cc1ccc(C(F)(F)F)cc1.I. The number of thiophene rings is 1. The average molecular weight is 540 g/mol. The summed E-state index contributed by atoms with van der Waals surface area (Å²) < 4.78 is 38.1. The summed E-state index contributed by atoms with van der Waals surface area (Å²) in [5, 5.41) is 5.18. The van der Waals surface area contributed by atoms with Crippen molar-refractivity contribution in [2.45, 2.75) is 19.3 Å². The van der Waals surface area contributed by atoms with Crippen LogP contribution < -0.4 is 5.32 Å². The molecule has 0 radical (unpaired) electrons. The van der Waals surface area contributed by atoms with E-state index in [1.54, 1.807) is 37.4 Å². The molecule has 2 aromatic rings. The lowest BCUT2D eigenvalue weighted by Gasteiger charge is -2.23. The van der Waals surface area contributed by atoms with Gasteiger partial charge in [-0.25, -0.2) is 4.99 Å². The van der Waals surface area contributed by atoms with Gasteiger partial charge in [-0.1, -0.05) is 18.2 Å². The van der Waals surface area contributed by atoms with E-state index in [4.69, 9.17) is 0 Å². The maximum atomic E-state index is 12.7. The Morgan fingerprint density at radius 1 is 1.14 bits per heavy atom. The van der Waals surface area contributed by atoms with Crippen molar-refractivity contribution in [1.29, 1.82) is 0 Å². The first-order chi connectivity index (χ1) is 13.2. The fourth-order valence-corrected chi connectivity index (χ4v) is 2.97. The number of nitrogens with zero attached hydrogens (tertiary/aromatic N) is 3. The fourth-order valence-electron chi connectivity index (χ4n) is 2.32. The Morgan fingerprint density at radius 3 is 2.31 bits per heavy atom. The van der Waals surface area contributed by atoms with Crippen LogP contribution in [0.1, 0.15) is 16.0 Å². The van der Waals surface area contributed by atoms with Gasteiger partial charge in [0.1, 0.15) is 6.54 Å². The normalized spacial score (nSPS) is 11.6. The first kappa shape index (κ1) is 25.2. The van der Waals surface area contributed by atoms with Gasteiger partial charge in [-0.05, 0) is 29.1 Å². The van der Waals surface area contributed by atoms with E-state index in [2.05, 4.69) is 10.3 Å². The van der Waals surface area contributed by atoms with E-state index < -0.39 is 11.7 Å². The third-order valence-corrected chi connectivity index (χ3v) is 4.80. The first-order valence-corrected chi connectivity index (χ1v) is 9.43. The van der Waals surface area contributed by atoms with Crippen LogP contribution in [0.4, 0.5) is 13.2 Å². The molecule has 5 nitrogen and oxygen atoms in total. The average Bonchev–Trinajstić information content (AvgIpc) is 3.14. The fraction of sp³-hybridized carbons (Fsp3) is 0.368. The van der Waals surface area contributed by atoms with E-state index >= 15 is 0 Å². The number of amides is 1. The largest absolute Gasteiger partial charge is 0.416 e. The molecule has 0 saturated carbocycles. The van der Waals surface area contributed by atoms with Gasteiger partial charge < -0.3 is 15.1 Å². The van der Waals surface area contributed by atoms with Crippen molar-refractivity contribution >= 4 is 47.2 Å². The molecule has 2 rings (SSSR count). The van der Waals surface area contributed by atoms with Gasteiger partial charge >= 0.3 is 6.18 Å². The second-order valence-corrected chi connectivity index (χ2v) is 7.44. The van der Waals surface area contributed by atoms with Gasteiger partial charge in [-0.3, -0.25) is 4.79 Å². The lowest BCUT2D eigenvalue weighted by atomic mass is 10.1. The summed E-state index contributed by atoms with van der Waals surface area (Å²) in [5.41, 5.74) is 0.0280. The van der Waals surface area contributed by atoms with Gasteiger partial charge in [-0.15, -0.1) is 35.3 Å². The van der Waals surface area contributed by atoms with Crippen molar-refractivity contribution in [2.24, 2.45) is 4.99 Å². The summed E-state index contributed by atoms with van der Waals surface area (Å²) in [6.07, 6.45) is -4.36. The molecular formula is C19H24F3IN4OS. The minimum Gasteiger partial charge on any atom is -0.351 e. The van der Waals surface area contributed by atoms with Gasteiger partial charge in [0.2, 0.25) is 5.91 Å². The van der Waals surface area contributed by atoms with Crippen LogP contribution in [0.3, 0.4) is 0 Å². The molecule has 1 heterocycles. The number of alkyl halides is 3. The van der Waals surface area contributed by atoms with Crippen LogP contribution in [0.5, 0.6) is 0 Å². The van der Waals surface area contributed by atoms with E-state index in [1.807, 2.05) is 17.5 Å². The Kier molecular flexibility index (Phi) is 9.90. The number of nitrogens with one attached hydrogen (secondary N) is 1. The zero-order chi connectivity index (χ0) is 20.7. The van der Waals surface area contributed by atoms with Crippen LogP contribution in [0.15, 0.2) is 46.8 Å². The molecule has 1 N–H and O–H groups in total. The Labute approximate surface area is 189 Å². The number of hydrogen-bond acceptors (Lipinski definition) is 3. The third kappa shape index (κ3) is 8.21. The van der Waals surface area contributed by atoms with Gasteiger partial charge in [0.15, 0.2) is 5.96 Å². The highest BCUT2D eigenvalue weighted by molar-refractivity contribution is 14.0. The van der Waals surface area contributed by atoms with E-state index in [0.717, 1.165) is 17.0 Å².